The lowest BCUT2D eigenvalue weighted by molar-refractivity contribution is -0.131. The van der Waals surface area contributed by atoms with Gasteiger partial charge in [0.1, 0.15) is 10.8 Å². The molecule has 0 aliphatic heterocycles. The summed E-state index contributed by atoms with van der Waals surface area (Å²) in [6.07, 6.45) is 0.945. The summed E-state index contributed by atoms with van der Waals surface area (Å²) in [6, 6.07) is 12.4. The Morgan fingerprint density at radius 3 is 2.72 bits per heavy atom. The number of benzene rings is 2. The van der Waals surface area contributed by atoms with Crippen LogP contribution in [0.15, 0.2) is 52.6 Å². The molecular weight excluding hydrogens is 467 g/mol. The van der Waals surface area contributed by atoms with Crippen LogP contribution in [0.3, 0.4) is 0 Å². The van der Waals surface area contributed by atoms with E-state index in [9.17, 15) is 9.59 Å². The molecule has 0 spiro atoms. The summed E-state index contributed by atoms with van der Waals surface area (Å²) < 4.78 is 0. The highest BCUT2D eigenvalue weighted by Crippen LogP contribution is 2.26. The van der Waals surface area contributed by atoms with Crippen LogP contribution in [0.1, 0.15) is 24.9 Å². The minimum Gasteiger partial charge on any atom is -0.335 e. The van der Waals surface area contributed by atoms with Gasteiger partial charge in [0.15, 0.2) is 0 Å². The third-order valence-electron chi connectivity index (χ3n) is 4.86. The van der Waals surface area contributed by atoms with E-state index in [0.717, 1.165) is 17.0 Å². The van der Waals surface area contributed by atoms with Crippen molar-refractivity contribution in [1.82, 2.24) is 19.9 Å². The molecule has 4 aromatic rings. The van der Waals surface area contributed by atoms with Gasteiger partial charge in [-0.2, -0.15) is 0 Å². The van der Waals surface area contributed by atoms with E-state index in [1.165, 1.54) is 11.3 Å². The van der Waals surface area contributed by atoms with E-state index in [4.69, 9.17) is 23.2 Å². The zero-order chi connectivity index (χ0) is 22.7. The second kappa shape index (κ2) is 9.81. The maximum absolute atomic E-state index is 13.0. The molecule has 0 fully saturated rings. The van der Waals surface area contributed by atoms with Crippen LogP contribution in [0.25, 0.3) is 21.5 Å². The fraction of sp³-hybridized carbons (Fsp3) is 0.217. The zero-order valence-electron chi connectivity index (χ0n) is 17.3. The monoisotopic (exact) mass is 486 g/mol. The van der Waals surface area contributed by atoms with Crippen LogP contribution in [0.2, 0.25) is 10.0 Å². The minimum atomic E-state index is -0.253. The fourth-order valence-electron chi connectivity index (χ4n) is 3.39. The van der Waals surface area contributed by atoms with Crippen molar-refractivity contribution in [3.05, 3.63) is 79.8 Å². The molecule has 0 aliphatic carbocycles. The van der Waals surface area contributed by atoms with Crippen molar-refractivity contribution in [3.63, 3.8) is 0 Å². The smallest absolute Gasteiger partial charge is 0.258 e. The van der Waals surface area contributed by atoms with Gasteiger partial charge in [0.25, 0.3) is 5.56 Å². The van der Waals surface area contributed by atoms with Crippen LogP contribution in [0.5, 0.6) is 0 Å². The fourth-order valence-corrected chi connectivity index (χ4v) is 4.56. The summed E-state index contributed by atoms with van der Waals surface area (Å²) >= 11 is 13.6. The Hall–Kier alpha value is -2.74. The standard InChI is InChI=1S/C23H20Cl2N4O2S/c1-2-8-29(12-20-27-19-10-16(25)6-7-18(19)22(31)28-20)21(30)11-17-13-32-23(26-17)14-4-3-5-15(24)9-14/h3-7,9-10,13H,2,8,11-12H2,1H3,(H,27,28,31). The van der Waals surface area contributed by atoms with E-state index in [-0.39, 0.29) is 24.4 Å². The Balaban J connectivity index is 1.52. The summed E-state index contributed by atoms with van der Waals surface area (Å²) in [5.41, 5.74) is 1.87. The van der Waals surface area contributed by atoms with E-state index < -0.39 is 0 Å². The second-order valence-electron chi connectivity index (χ2n) is 7.32. The van der Waals surface area contributed by atoms with Gasteiger partial charge in [-0.25, -0.2) is 9.97 Å². The molecular formula is C23H20Cl2N4O2S. The van der Waals surface area contributed by atoms with Gasteiger partial charge in [-0.1, -0.05) is 42.3 Å². The summed E-state index contributed by atoms with van der Waals surface area (Å²) in [5, 5.41) is 4.30. The molecule has 0 atom stereocenters. The molecule has 0 aliphatic rings. The zero-order valence-corrected chi connectivity index (χ0v) is 19.6. The molecule has 2 aromatic heterocycles. The van der Waals surface area contributed by atoms with Crippen molar-refractivity contribution in [2.45, 2.75) is 26.3 Å². The normalized spacial score (nSPS) is 11.1. The molecule has 2 aromatic carbocycles. The van der Waals surface area contributed by atoms with E-state index in [0.29, 0.717) is 39.0 Å². The number of carbonyl (C=O) groups is 1. The van der Waals surface area contributed by atoms with E-state index in [2.05, 4.69) is 15.0 Å². The van der Waals surface area contributed by atoms with Crippen molar-refractivity contribution >= 4 is 51.3 Å². The average Bonchev–Trinajstić information content (AvgIpc) is 3.21. The molecule has 0 bridgehead atoms. The lowest BCUT2D eigenvalue weighted by Crippen LogP contribution is -2.34. The van der Waals surface area contributed by atoms with Crippen LogP contribution < -0.4 is 5.56 Å². The van der Waals surface area contributed by atoms with Crippen molar-refractivity contribution < 1.29 is 4.79 Å². The number of H-pyrrole nitrogens is 1. The first-order valence-electron chi connectivity index (χ1n) is 10.1. The molecule has 164 valence electrons. The number of fused-ring (bicyclic) bond motifs is 1. The summed E-state index contributed by atoms with van der Waals surface area (Å²) in [4.78, 5) is 39.0. The Labute approximate surface area is 198 Å². The van der Waals surface area contributed by atoms with Crippen molar-refractivity contribution in [2.75, 3.05) is 6.54 Å². The summed E-state index contributed by atoms with van der Waals surface area (Å²) in [6.45, 7) is 2.74. The van der Waals surface area contributed by atoms with Gasteiger partial charge in [0.05, 0.1) is 29.6 Å². The number of amides is 1. The number of nitrogens with one attached hydrogen (secondary N) is 1. The number of aromatic amines is 1. The van der Waals surface area contributed by atoms with Gasteiger partial charge in [-0.05, 0) is 36.8 Å². The van der Waals surface area contributed by atoms with Gasteiger partial charge < -0.3 is 9.88 Å². The van der Waals surface area contributed by atoms with Crippen LogP contribution >= 0.6 is 34.5 Å². The number of nitrogens with zero attached hydrogens (tertiary/aromatic N) is 3. The van der Waals surface area contributed by atoms with E-state index in [1.54, 1.807) is 23.1 Å². The quantitative estimate of drug-likeness (QED) is 0.382. The number of aromatic nitrogens is 3. The topological polar surface area (TPSA) is 79.0 Å². The maximum atomic E-state index is 13.0. The van der Waals surface area contributed by atoms with E-state index >= 15 is 0 Å². The third-order valence-corrected chi connectivity index (χ3v) is 6.27. The van der Waals surface area contributed by atoms with E-state index in [1.807, 2.05) is 36.6 Å². The first-order valence-corrected chi connectivity index (χ1v) is 11.7. The molecule has 32 heavy (non-hydrogen) atoms. The molecule has 0 radical (unpaired) electrons. The van der Waals surface area contributed by atoms with Crippen molar-refractivity contribution in [3.8, 4) is 10.6 Å². The molecule has 9 heteroatoms. The Morgan fingerprint density at radius 1 is 1.12 bits per heavy atom. The van der Waals surface area contributed by atoms with Gasteiger partial charge in [0, 0.05) is 27.5 Å². The first-order chi connectivity index (χ1) is 15.4. The van der Waals surface area contributed by atoms with Gasteiger partial charge in [-0.15, -0.1) is 11.3 Å². The van der Waals surface area contributed by atoms with Crippen LogP contribution in [0.4, 0.5) is 0 Å². The number of hydrogen-bond donors (Lipinski definition) is 1. The summed E-state index contributed by atoms with van der Waals surface area (Å²) in [5.74, 6) is 0.341. The van der Waals surface area contributed by atoms with Gasteiger partial charge >= 0.3 is 0 Å². The largest absolute Gasteiger partial charge is 0.335 e. The highest BCUT2D eigenvalue weighted by Gasteiger charge is 2.18. The lowest BCUT2D eigenvalue weighted by atomic mass is 10.2. The predicted octanol–water partition coefficient (Wildman–Crippen LogP) is 5.33. The van der Waals surface area contributed by atoms with Crippen molar-refractivity contribution in [1.29, 1.82) is 0 Å². The Bertz CT molecular complexity index is 1340. The number of thiazole rings is 1. The highest BCUT2D eigenvalue weighted by atomic mass is 35.5. The first kappa shape index (κ1) is 22.5. The van der Waals surface area contributed by atoms with Gasteiger partial charge in [0.2, 0.25) is 5.91 Å². The Kier molecular flexibility index (Phi) is 6.89. The number of hydrogen-bond acceptors (Lipinski definition) is 5. The molecule has 0 saturated carbocycles. The van der Waals surface area contributed by atoms with Crippen molar-refractivity contribution in [2.24, 2.45) is 0 Å². The lowest BCUT2D eigenvalue weighted by Gasteiger charge is -2.21. The number of rotatable bonds is 7. The maximum Gasteiger partial charge on any atom is 0.258 e. The molecule has 1 amide bonds. The molecule has 1 N–H and O–H groups in total. The average molecular weight is 487 g/mol. The minimum absolute atomic E-state index is 0.0800. The molecule has 4 rings (SSSR count). The summed E-state index contributed by atoms with van der Waals surface area (Å²) in [7, 11) is 0. The number of halogens is 2. The molecule has 0 unspecified atom stereocenters. The third kappa shape index (κ3) is 5.18. The molecule has 6 nitrogen and oxygen atoms in total. The SMILES string of the molecule is CCCN(Cc1nc2cc(Cl)ccc2c(=O)[nH]1)C(=O)Cc1csc(-c2cccc(Cl)c2)n1. The molecule has 0 saturated heterocycles. The highest BCUT2D eigenvalue weighted by molar-refractivity contribution is 7.13. The molecule has 2 heterocycles. The Morgan fingerprint density at radius 2 is 1.94 bits per heavy atom. The number of carbonyl (C=O) groups excluding carboxylic acids is 1. The van der Waals surface area contributed by atoms with Crippen LogP contribution in [0, 0.1) is 0 Å². The van der Waals surface area contributed by atoms with Crippen LogP contribution in [-0.2, 0) is 17.8 Å². The predicted molar refractivity (Wildman–Crippen MR) is 129 cm³/mol. The van der Waals surface area contributed by atoms with Gasteiger partial charge in [-0.3, -0.25) is 9.59 Å². The van der Waals surface area contributed by atoms with Crippen LogP contribution in [-0.4, -0.2) is 32.3 Å². The second-order valence-corrected chi connectivity index (χ2v) is 9.05.